The lowest BCUT2D eigenvalue weighted by molar-refractivity contribution is -0.384. The number of benzene rings is 3. The lowest BCUT2D eigenvalue weighted by Crippen LogP contribution is -2.48. The predicted octanol–water partition coefficient (Wildman–Crippen LogP) is 5.39. The Kier molecular flexibility index (Phi) is 9.59. The number of amides is 2. The third-order valence-electron chi connectivity index (χ3n) is 5.24. The first-order valence-electron chi connectivity index (χ1n) is 11.2. The molecule has 0 aliphatic carbocycles. The van der Waals surface area contributed by atoms with E-state index in [4.69, 9.17) is 27.9 Å². The van der Waals surface area contributed by atoms with Crippen molar-refractivity contribution in [1.82, 2.24) is 10.7 Å². The van der Waals surface area contributed by atoms with E-state index >= 15 is 0 Å². The molecule has 0 aromatic heterocycles. The molecule has 0 fully saturated rings. The highest BCUT2D eigenvalue weighted by molar-refractivity contribution is 6.42. The van der Waals surface area contributed by atoms with E-state index in [9.17, 15) is 19.7 Å². The van der Waals surface area contributed by atoms with Crippen molar-refractivity contribution < 1.29 is 19.2 Å². The van der Waals surface area contributed by atoms with E-state index in [1.807, 2.05) is 0 Å². The molecule has 0 aliphatic rings. The van der Waals surface area contributed by atoms with Gasteiger partial charge in [-0.15, -0.1) is 0 Å². The number of hydrazone groups is 1. The van der Waals surface area contributed by atoms with E-state index in [1.165, 1.54) is 36.5 Å². The van der Waals surface area contributed by atoms with Gasteiger partial charge in [0.25, 0.3) is 17.5 Å². The first-order valence-corrected chi connectivity index (χ1v) is 11.9. The number of non-ortho nitro benzene ring substituents is 1. The van der Waals surface area contributed by atoms with Gasteiger partial charge in [-0.3, -0.25) is 19.7 Å². The van der Waals surface area contributed by atoms with Crippen LogP contribution in [0, 0.1) is 16.0 Å². The van der Waals surface area contributed by atoms with Crippen molar-refractivity contribution in [3.8, 4) is 5.75 Å². The third kappa shape index (κ3) is 8.03. The standard InChI is InChI=1S/C26H24Cl2N4O5/c1-16(2)24(30-25(33)19-7-12-22(27)23(28)13-19)26(34)31-29-14-17-5-10-21(11-6-17)37-15-18-3-8-20(9-4-18)32(35)36/h3-14,16,24H,15H2,1-2H3,(H,30,33)(H,31,34)/b29-14-. The SMILES string of the molecule is CC(C)C(NC(=O)c1ccc(Cl)c(Cl)c1)C(=O)N/N=C\c1ccc(OCc2ccc([N+](=O)[O-])cc2)cc1. The van der Waals surface area contributed by atoms with Crippen LogP contribution in [0.3, 0.4) is 0 Å². The molecule has 0 aliphatic heterocycles. The van der Waals surface area contributed by atoms with Crippen LogP contribution in [0.2, 0.25) is 10.0 Å². The van der Waals surface area contributed by atoms with Crippen LogP contribution in [-0.2, 0) is 11.4 Å². The van der Waals surface area contributed by atoms with Gasteiger partial charge in [0, 0.05) is 17.7 Å². The van der Waals surface area contributed by atoms with Crippen LogP contribution in [0.4, 0.5) is 5.69 Å². The summed E-state index contributed by atoms with van der Waals surface area (Å²) in [5, 5.41) is 18.0. The number of hydrogen-bond acceptors (Lipinski definition) is 6. The molecule has 0 spiro atoms. The molecule has 0 radical (unpaired) electrons. The summed E-state index contributed by atoms with van der Waals surface area (Å²) < 4.78 is 5.70. The Morgan fingerprint density at radius 1 is 1.03 bits per heavy atom. The molecule has 3 aromatic rings. The highest BCUT2D eigenvalue weighted by atomic mass is 35.5. The zero-order valence-corrected chi connectivity index (χ0v) is 21.5. The lowest BCUT2D eigenvalue weighted by Gasteiger charge is -2.20. The Hall–Kier alpha value is -3.95. The second-order valence-electron chi connectivity index (χ2n) is 8.34. The average Bonchev–Trinajstić information content (AvgIpc) is 2.88. The molecule has 11 heteroatoms. The van der Waals surface area contributed by atoms with Gasteiger partial charge < -0.3 is 10.1 Å². The average molecular weight is 543 g/mol. The van der Waals surface area contributed by atoms with Crippen molar-refractivity contribution in [3.63, 3.8) is 0 Å². The highest BCUT2D eigenvalue weighted by Crippen LogP contribution is 2.22. The fourth-order valence-electron chi connectivity index (χ4n) is 3.17. The highest BCUT2D eigenvalue weighted by Gasteiger charge is 2.24. The van der Waals surface area contributed by atoms with Crippen molar-refractivity contribution in [3.05, 3.63) is 104 Å². The minimum Gasteiger partial charge on any atom is -0.489 e. The maximum atomic E-state index is 12.7. The molecule has 0 saturated carbocycles. The Morgan fingerprint density at radius 2 is 1.70 bits per heavy atom. The Morgan fingerprint density at radius 3 is 2.30 bits per heavy atom. The molecule has 3 aromatic carbocycles. The van der Waals surface area contributed by atoms with Gasteiger partial charge in [-0.1, -0.05) is 37.0 Å². The zero-order chi connectivity index (χ0) is 26.9. The minimum atomic E-state index is -0.825. The number of nitrogens with one attached hydrogen (secondary N) is 2. The maximum absolute atomic E-state index is 12.7. The van der Waals surface area contributed by atoms with E-state index in [0.717, 1.165) is 5.56 Å². The maximum Gasteiger partial charge on any atom is 0.269 e. The largest absolute Gasteiger partial charge is 0.489 e. The number of rotatable bonds is 10. The van der Waals surface area contributed by atoms with Gasteiger partial charge in [0.05, 0.1) is 21.2 Å². The number of carbonyl (C=O) groups excluding carboxylic acids is 2. The second kappa shape index (κ2) is 12.8. The number of nitro groups is 1. The number of hydrogen-bond donors (Lipinski definition) is 2. The summed E-state index contributed by atoms with van der Waals surface area (Å²) in [5.74, 6) is -0.526. The van der Waals surface area contributed by atoms with E-state index < -0.39 is 22.8 Å². The molecule has 9 nitrogen and oxygen atoms in total. The summed E-state index contributed by atoms with van der Waals surface area (Å²) in [5.41, 5.74) is 4.27. The van der Waals surface area contributed by atoms with Gasteiger partial charge in [-0.05, 0) is 71.6 Å². The van der Waals surface area contributed by atoms with E-state index in [2.05, 4.69) is 15.8 Å². The Balaban J connectivity index is 1.52. The van der Waals surface area contributed by atoms with Gasteiger partial charge in [-0.2, -0.15) is 5.10 Å². The quantitative estimate of drug-likeness (QED) is 0.202. The summed E-state index contributed by atoms with van der Waals surface area (Å²) in [6.45, 7) is 3.86. The third-order valence-corrected chi connectivity index (χ3v) is 5.98. The topological polar surface area (TPSA) is 123 Å². The number of nitrogens with zero attached hydrogens (tertiary/aromatic N) is 2. The van der Waals surface area contributed by atoms with Gasteiger partial charge in [0.15, 0.2) is 0 Å². The van der Waals surface area contributed by atoms with Crippen LogP contribution in [0.5, 0.6) is 5.75 Å². The van der Waals surface area contributed by atoms with Crippen LogP contribution < -0.4 is 15.5 Å². The summed E-state index contributed by atoms with van der Waals surface area (Å²) >= 11 is 11.9. The van der Waals surface area contributed by atoms with Crippen LogP contribution in [-0.4, -0.2) is 29.0 Å². The number of nitro benzene ring substituents is 1. The summed E-state index contributed by atoms with van der Waals surface area (Å²) in [7, 11) is 0. The molecule has 0 heterocycles. The van der Waals surface area contributed by atoms with Crippen LogP contribution in [0.25, 0.3) is 0 Å². The van der Waals surface area contributed by atoms with Crippen molar-refractivity contribution in [2.75, 3.05) is 0 Å². The van der Waals surface area contributed by atoms with Gasteiger partial charge in [-0.25, -0.2) is 5.43 Å². The van der Waals surface area contributed by atoms with Gasteiger partial charge >= 0.3 is 0 Å². The molecule has 3 rings (SSSR count). The van der Waals surface area contributed by atoms with Crippen molar-refractivity contribution in [1.29, 1.82) is 0 Å². The van der Waals surface area contributed by atoms with Gasteiger partial charge in [0.1, 0.15) is 18.4 Å². The van der Waals surface area contributed by atoms with Crippen LogP contribution >= 0.6 is 23.2 Å². The molecular formula is C26H24Cl2N4O5. The molecule has 2 N–H and O–H groups in total. The second-order valence-corrected chi connectivity index (χ2v) is 9.15. The van der Waals surface area contributed by atoms with Crippen LogP contribution in [0.1, 0.15) is 35.3 Å². The monoisotopic (exact) mass is 542 g/mol. The Bertz CT molecular complexity index is 1300. The van der Waals surface area contributed by atoms with E-state index in [-0.39, 0.29) is 28.8 Å². The molecular weight excluding hydrogens is 519 g/mol. The molecule has 0 saturated heterocycles. The van der Waals surface area contributed by atoms with Crippen molar-refractivity contribution in [2.24, 2.45) is 11.0 Å². The molecule has 2 amide bonds. The first-order chi connectivity index (χ1) is 17.6. The molecule has 192 valence electrons. The minimum absolute atomic E-state index is 0.0213. The smallest absolute Gasteiger partial charge is 0.269 e. The molecule has 37 heavy (non-hydrogen) atoms. The van der Waals surface area contributed by atoms with E-state index in [1.54, 1.807) is 50.2 Å². The van der Waals surface area contributed by atoms with Crippen molar-refractivity contribution in [2.45, 2.75) is 26.5 Å². The van der Waals surface area contributed by atoms with Crippen molar-refractivity contribution >= 4 is 46.9 Å². The fraction of sp³-hybridized carbons (Fsp3) is 0.192. The number of carbonyl (C=O) groups is 2. The zero-order valence-electron chi connectivity index (χ0n) is 20.0. The number of halogens is 2. The number of ether oxygens (including phenoxy) is 1. The molecule has 1 unspecified atom stereocenters. The molecule has 1 atom stereocenters. The van der Waals surface area contributed by atoms with Gasteiger partial charge in [0.2, 0.25) is 0 Å². The molecule has 0 bridgehead atoms. The van der Waals surface area contributed by atoms with Crippen LogP contribution in [0.15, 0.2) is 71.8 Å². The first kappa shape index (κ1) is 27.6. The normalized spacial score (nSPS) is 11.8. The summed E-state index contributed by atoms with van der Waals surface area (Å²) in [6.07, 6.45) is 1.47. The summed E-state index contributed by atoms with van der Waals surface area (Å²) in [6, 6.07) is 16.8. The van der Waals surface area contributed by atoms with E-state index in [0.29, 0.717) is 16.3 Å². The summed E-state index contributed by atoms with van der Waals surface area (Å²) in [4.78, 5) is 35.5. The lowest BCUT2D eigenvalue weighted by atomic mass is 10.0. The Labute approximate surface area is 223 Å². The predicted molar refractivity (Wildman–Crippen MR) is 142 cm³/mol. The fourth-order valence-corrected chi connectivity index (χ4v) is 3.47.